The Morgan fingerprint density at radius 2 is 2.12 bits per heavy atom. The molecular formula is C10H18N2O4. The zero-order valence-electron chi connectivity index (χ0n) is 9.51. The number of nitrogens with one attached hydrogen (secondary N) is 1. The minimum absolute atomic E-state index is 0.181. The van der Waals surface area contributed by atoms with Crippen LogP contribution in [0.5, 0.6) is 0 Å². The number of rotatable bonds is 2. The third-order valence-corrected chi connectivity index (χ3v) is 2.92. The van der Waals surface area contributed by atoms with Gasteiger partial charge in [0.25, 0.3) is 0 Å². The van der Waals surface area contributed by atoms with E-state index in [1.54, 1.807) is 0 Å². The first-order valence-electron chi connectivity index (χ1n) is 5.38. The van der Waals surface area contributed by atoms with Gasteiger partial charge in [-0.2, -0.15) is 0 Å². The summed E-state index contributed by atoms with van der Waals surface area (Å²) in [6, 6.07) is -1.34. The SMILES string of the molecule is CC(NC(=O)N1CCC(C)C(O)C1)C(=O)O. The summed E-state index contributed by atoms with van der Waals surface area (Å²) in [4.78, 5) is 23.6. The maximum absolute atomic E-state index is 11.6. The van der Waals surface area contributed by atoms with Crippen LogP contribution in [-0.4, -0.2) is 52.3 Å². The van der Waals surface area contributed by atoms with Crippen molar-refractivity contribution in [2.75, 3.05) is 13.1 Å². The molecule has 0 radical (unpaired) electrons. The predicted molar refractivity (Wildman–Crippen MR) is 57.0 cm³/mol. The minimum atomic E-state index is -1.07. The lowest BCUT2D eigenvalue weighted by molar-refractivity contribution is -0.138. The highest BCUT2D eigenvalue weighted by Crippen LogP contribution is 2.16. The number of likely N-dealkylation sites (tertiary alicyclic amines) is 1. The highest BCUT2D eigenvalue weighted by Gasteiger charge is 2.28. The number of amides is 2. The van der Waals surface area contributed by atoms with E-state index in [1.165, 1.54) is 11.8 Å². The Morgan fingerprint density at radius 3 is 2.62 bits per heavy atom. The number of piperidine rings is 1. The Labute approximate surface area is 94.2 Å². The van der Waals surface area contributed by atoms with Gasteiger partial charge in [-0.05, 0) is 19.3 Å². The van der Waals surface area contributed by atoms with Gasteiger partial charge < -0.3 is 20.4 Å². The second kappa shape index (κ2) is 5.16. The van der Waals surface area contributed by atoms with Crippen LogP contribution in [0.25, 0.3) is 0 Å². The molecule has 0 spiro atoms. The first-order valence-corrected chi connectivity index (χ1v) is 5.38. The van der Waals surface area contributed by atoms with Gasteiger partial charge in [0.05, 0.1) is 6.10 Å². The lowest BCUT2D eigenvalue weighted by Gasteiger charge is -2.34. The van der Waals surface area contributed by atoms with Gasteiger partial charge in [-0.3, -0.25) is 4.79 Å². The Morgan fingerprint density at radius 1 is 1.50 bits per heavy atom. The van der Waals surface area contributed by atoms with E-state index in [1.807, 2.05) is 6.92 Å². The molecule has 1 fully saturated rings. The Kier molecular flexibility index (Phi) is 4.12. The van der Waals surface area contributed by atoms with Crippen molar-refractivity contribution in [3.63, 3.8) is 0 Å². The summed E-state index contributed by atoms with van der Waals surface area (Å²) in [5.74, 6) is -0.889. The van der Waals surface area contributed by atoms with Gasteiger partial charge in [-0.25, -0.2) is 4.79 Å². The van der Waals surface area contributed by atoms with E-state index < -0.39 is 24.1 Å². The molecular weight excluding hydrogens is 212 g/mol. The van der Waals surface area contributed by atoms with Crippen LogP contribution in [0.3, 0.4) is 0 Å². The van der Waals surface area contributed by atoms with Gasteiger partial charge in [0.2, 0.25) is 0 Å². The summed E-state index contributed by atoms with van der Waals surface area (Å²) in [5, 5.41) is 20.6. The van der Waals surface area contributed by atoms with E-state index in [9.17, 15) is 14.7 Å². The number of hydrogen-bond donors (Lipinski definition) is 3. The Bertz CT molecular complexity index is 282. The first-order chi connectivity index (χ1) is 7.41. The normalized spacial score (nSPS) is 27.3. The van der Waals surface area contributed by atoms with E-state index in [0.29, 0.717) is 6.54 Å². The highest BCUT2D eigenvalue weighted by atomic mass is 16.4. The molecule has 6 heteroatoms. The summed E-state index contributed by atoms with van der Waals surface area (Å²) in [7, 11) is 0. The molecule has 0 aromatic carbocycles. The molecule has 3 atom stereocenters. The molecule has 0 aromatic rings. The Hall–Kier alpha value is -1.30. The molecule has 0 aromatic heterocycles. The van der Waals surface area contributed by atoms with Crippen LogP contribution >= 0.6 is 0 Å². The fourth-order valence-electron chi connectivity index (χ4n) is 1.57. The van der Waals surface area contributed by atoms with Crippen LogP contribution in [-0.2, 0) is 4.79 Å². The van der Waals surface area contributed by atoms with Crippen molar-refractivity contribution in [2.45, 2.75) is 32.4 Å². The molecule has 1 rings (SSSR count). The van der Waals surface area contributed by atoms with Crippen molar-refractivity contribution in [3.8, 4) is 0 Å². The molecule has 1 saturated heterocycles. The second-order valence-electron chi connectivity index (χ2n) is 4.29. The van der Waals surface area contributed by atoms with Crippen molar-refractivity contribution < 1.29 is 19.8 Å². The van der Waals surface area contributed by atoms with Crippen LogP contribution in [0.1, 0.15) is 20.3 Å². The average molecular weight is 230 g/mol. The van der Waals surface area contributed by atoms with Crippen molar-refractivity contribution in [2.24, 2.45) is 5.92 Å². The van der Waals surface area contributed by atoms with E-state index in [0.717, 1.165) is 6.42 Å². The molecule has 1 aliphatic heterocycles. The fourth-order valence-corrected chi connectivity index (χ4v) is 1.57. The van der Waals surface area contributed by atoms with E-state index in [2.05, 4.69) is 5.32 Å². The largest absolute Gasteiger partial charge is 0.480 e. The van der Waals surface area contributed by atoms with Gasteiger partial charge in [-0.1, -0.05) is 6.92 Å². The third kappa shape index (κ3) is 3.10. The molecule has 92 valence electrons. The quantitative estimate of drug-likeness (QED) is 0.616. The summed E-state index contributed by atoms with van der Waals surface area (Å²) in [5.41, 5.74) is 0. The molecule has 0 bridgehead atoms. The molecule has 0 aliphatic carbocycles. The maximum atomic E-state index is 11.6. The molecule has 2 amide bonds. The third-order valence-electron chi connectivity index (χ3n) is 2.92. The number of carboxylic acids is 1. The van der Waals surface area contributed by atoms with Crippen LogP contribution in [0.4, 0.5) is 4.79 Å². The molecule has 1 aliphatic rings. The topological polar surface area (TPSA) is 89.9 Å². The number of β-amino-alcohol motifs (C(OH)–C–C–N with tert-alkyl or cyclic N) is 1. The predicted octanol–water partition coefficient (Wildman–Crippen LogP) is -0.128. The van der Waals surface area contributed by atoms with E-state index in [-0.39, 0.29) is 12.5 Å². The number of aliphatic carboxylic acids is 1. The molecule has 3 unspecified atom stereocenters. The Balaban J connectivity index is 2.46. The van der Waals surface area contributed by atoms with Crippen molar-refractivity contribution in [1.29, 1.82) is 0 Å². The van der Waals surface area contributed by atoms with Crippen LogP contribution in [0.2, 0.25) is 0 Å². The van der Waals surface area contributed by atoms with Gasteiger partial charge in [0, 0.05) is 13.1 Å². The summed E-state index contributed by atoms with van der Waals surface area (Å²) >= 11 is 0. The molecule has 16 heavy (non-hydrogen) atoms. The van der Waals surface area contributed by atoms with Crippen LogP contribution in [0, 0.1) is 5.92 Å². The van der Waals surface area contributed by atoms with Crippen LogP contribution in [0.15, 0.2) is 0 Å². The average Bonchev–Trinajstić information content (AvgIpc) is 2.21. The number of carbonyl (C=O) groups is 2. The van der Waals surface area contributed by atoms with Crippen LogP contribution < -0.4 is 5.32 Å². The van der Waals surface area contributed by atoms with E-state index in [4.69, 9.17) is 5.11 Å². The molecule has 6 nitrogen and oxygen atoms in total. The number of hydrogen-bond acceptors (Lipinski definition) is 3. The van der Waals surface area contributed by atoms with Crippen molar-refractivity contribution in [3.05, 3.63) is 0 Å². The molecule has 3 N–H and O–H groups in total. The zero-order chi connectivity index (χ0) is 12.3. The number of carbonyl (C=O) groups excluding carboxylic acids is 1. The summed E-state index contributed by atoms with van der Waals surface area (Å²) in [6.07, 6.45) is 0.204. The molecule has 0 saturated carbocycles. The van der Waals surface area contributed by atoms with Gasteiger partial charge in [0.15, 0.2) is 0 Å². The lowest BCUT2D eigenvalue weighted by atomic mass is 9.96. The summed E-state index contributed by atoms with van der Waals surface area (Å²) in [6.45, 7) is 4.15. The molecule has 1 heterocycles. The standard InChI is InChI=1S/C10H18N2O4/c1-6-3-4-12(5-8(6)13)10(16)11-7(2)9(14)15/h6-8,13H,3-5H2,1-2H3,(H,11,16)(H,14,15). The number of urea groups is 1. The fraction of sp³-hybridized carbons (Fsp3) is 0.800. The number of aliphatic hydroxyl groups excluding tert-OH is 1. The van der Waals surface area contributed by atoms with E-state index >= 15 is 0 Å². The zero-order valence-corrected chi connectivity index (χ0v) is 9.51. The van der Waals surface area contributed by atoms with Gasteiger partial charge in [-0.15, -0.1) is 0 Å². The van der Waals surface area contributed by atoms with Crippen molar-refractivity contribution in [1.82, 2.24) is 10.2 Å². The highest BCUT2D eigenvalue weighted by molar-refractivity contribution is 5.82. The maximum Gasteiger partial charge on any atom is 0.325 e. The second-order valence-corrected chi connectivity index (χ2v) is 4.29. The monoisotopic (exact) mass is 230 g/mol. The van der Waals surface area contributed by atoms with Crippen molar-refractivity contribution >= 4 is 12.0 Å². The lowest BCUT2D eigenvalue weighted by Crippen LogP contribution is -2.52. The number of nitrogens with zero attached hydrogens (tertiary/aromatic N) is 1. The number of aliphatic hydroxyl groups is 1. The minimum Gasteiger partial charge on any atom is -0.480 e. The summed E-state index contributed by atoms with van der Waals surface area (Å²) < 4.78 is 0. The number of carboxylic acid groups (broad SMARTS) is 1. The van der Waals surface area contributed by atoms with Gasteiger partial charge >= 0.3 is 12.0 Å². The first kappa shape index (κ1) is 12.8. The smallest absolute Gasteiger partial charge is 0.325 e. The van der Waals surface area contributed by atoms with Gasteiger partial charge in [0.1, 0.15) is 6.04 Å².